The van der Waals surface area contributed by atoms with Gasteiger partial charge in [0.15, 0.2) is 5.69 Å². The van der Waals surface area contributed by atoms with E-state index in [0.29, 0.717) is 23.1 Å². The van der Waals surface area contributed by atoms with Gasteiger partial charge in [-0.2, -0.15) is 5.10 Å². The lowest BCUT2D eigenvalue weighted by molar-refractivity contribution is 0.102. The number of nitrogens with one attached hydrogen (secondary N) is 2. The van der Waals surface area contributed by atoms with Crippen LogP contribution in [-0.2, 0) is 0 Å². The molecule has 0 saturated heterocycles. The molecule has 0 aliphatic carbocycles. The van der Waals surface area contributed by atoms with Crippen LogP contribution in [-0.4, -0.2) is 47.2 Å². The van der Waals surface area contributed by atoms with Gasteiger partial charge >= 0.3 is 0 Å². The average molecular weight is 380 g/mol. The molecule has 1 amide bonds. The molecule has 0 aliphatic heterocycles. The Bertz CT molecular complexity index is 994. The maximum atomic E-state index is 12.6. The third-order valence-corrected chi connectivity index (χ3v) is 4.59. The minimum atomic E-state index is -0.386. The quantitative estimate of drug-likeness (QED) is 0.627. The Morgan fingerprint density at radius 1 is 1.07 bits per heavy atom. The highest BCUT2D eigenvalue weighted by molar-refractivity contribution is 6.11. The van der Waals surface area contributed by atoms with Crippen molar-refractivity contribution in [2.24, 2.45) is 0 Å². The highest BCUT2D eigenvalue weighted by Crippen LogP contribution is 2.18. The number of aromatic amines is 1. The van der Waals surface area contributed by atoms with Gasteiger partial charge in [0, 0.05) is 17.6 Å². The van der Waals surface area contributed by atoms with Crippen molar-refractivity contribution in [3.05, 3.63) is 64.6 Å². The number of aromatic nitrogens is 2. The summed E-state index contributed by atoms with van der Waals surface area (Å²) >= 11 is 0. The zero-order valence-corrected chi connectivity index (χ0v) is 16.1. The van der Waals surface area contributed by atoms with Crippen molar-refractivity contribution in [3.63, 3.8) is 0 Å². The van der Waals surface area contributed by atoms with E-state index in [1.54, 1.807) is 36.4 Å². The molecule has 28 heavy (non-hydrogen) atoms. The Labute approximate surface area is 163 Å². The number of fused-ring (bicyclic) bond motifs is 1. The lowest BCUT2D eigenvalue weighted by atomic mass is 10.1. The van der Waals surface area contributed by atoms with Crippen molar-refractivity contribution in [2.45, 2.75) is 13.8 Å². The first-order valence-corrected chi connectivity index (χ1v) is 9.36. The van der Waals surface area contributed by atoms with Gasteiger partial charge in [-0.15, -0.1) is 0 Å². The standard InChI is InChI=1S/C21H24N4O3/c1-3-25(4-2)13-14-28-16-11-9-15(10-12-16)22-21(27)19-17-7-5-6-8-18(17)20(26)24-23-19/h5-12H,3-4,13-14H2,1-2H3,(H,22,27)(H,24,26). The third-order valence-electron chi connectivity index (χ3n) is 4.59. The van der Waals surface area contributed by atoms with E-state index in [4.69, 9.17) is 4.74 Å². The molecular weight excluding hydrogens is 356 g/mol. The van der Waals surface area contributed by atoms with E-state index in [-0.39, 0.29) is 17.2 Å². The minimum Gasteiger partial charge on any atom is -0.492 e. The number of hydrogen-bond acceptors (Lipinski definition) is 5. The Morgan fingerprint density at radius 3 is 2.43 bits per heavy atom. The van der Waals surface area contributed by atoms with Gasteiger partial charge in [0.25, 0.3) is 11.5 Å². The van der Waals surface area contributed by atoms with Crippen molar-refractivity contribution >= 4 is 22.4 Å². The average Bonchev–Trinajstić information content (AvgIpc) is 2.73. The molecule has 0 radical (unpaired) electrons. The molecule has 0 unspecified atom stereocenters. The molecule has 0 bridgehead atoms. The number of hydrogen-bond donors (Lipinski definition) is 2. The summed E-state index contributed by atoms with van der Waals surface area (Å²) in [4.78, 5) is 26.7. The zero-order chi connectivity index (χ0) is 19.9. The highest BCUT2D eigenvalue weighted by Gasteiger charge is 2.14. The van der Waals surface area contributed by atoms with Gasteiger partial charge in [0.1, 0.15) is 12.4 Å². The normalized spacial score (nSPS) is 11.0. The molecular formula is C21H24N4O3. The van der Waals surface area contributed by atoms with Gasteiger partial charge in [0.05, 0.1) is 5.39 Å². The molecule has 0 spiro atoms. The molecule has 0 saturated carbocycles. The van der Waals surface area contributed by atoms with Crippen molar-refractivity contribution < 1.29 is 9.53 Å². The molecule has 3 aromatic rings. The summed E-state index contributed by atoms with van der Waals surface area (Å²) in [7, 11) is 0. The van der Waals surface area contributed by atoms with E-state index in [0.717, 1.165) is 25.4 Å². The van der Waals surface area contributed by atoms with E-state index >= 15 is 0 Å². The number of ether oxygens (including phenoxy) is 1. The van der Waals surface area contributed by atoms with Crippen LogP contribution in [0.1, 0.15) is 24.3 Å². The fourth-order valence-electron chi connectivity index (χ4n) is 2.95. The molecule has 3 rings (SSSR count). The van der Waals surface area contributed by atoms with E-state index in [1.165, 1.54) is 0 Å². The van der Waals surface area contributed by atoms with Crippen LogP contribution in [0.4, 0.5) is 5.69 Å². The second-order valence-corrected chi connectivity index (χ2v) is 6.30. The van der Waals surface area contributed by atoms with E-state index in [2.05, 4.69) is 34.3 Å². The summed E-state index contributed by atoms with van der Waals surface area (Å²) in [6, 6.07) is 14.1. The molecule has 146 valence electrons. The second kappa shape index (κ2) is 9.14. The van der Waals surface area contributed by atoms with Gasteiger partial charge in [-0.25, -0.2) is 5.10 Å². The Kier molecular flexibility index (Phi) is 6.39. The molecule has 1 heterocycles. The molecule has 2 N–H and O–H groups in total. The van der Waals surface area contributed by atoms with Crippen LogP contribution in [0.3, 0.4) is 0 Å². The number of carbonyl (C=O) groups excluding carboxylic acids is 1. The fraction of sp³-hybridized carbons (Fsp3) is 0.286. The molecule has 7 heteroatoms. The lowest BCUT2D eigenvalue weighted by Gasteiger charge is -2.18. The number of likely N-dealkylation sites (N-methyl/N-ethyl adjacent to an activating group) is 1. The monoisotopic (exact) mass is 380 g/mol. The van der Waals surface area contributed by atoms with Gasteiger partial charge in [-0.1, -0.05) is 32.0 Å². The fourth-order valence-corrected chi connectivity index (χ4v) is 2.95. The summed E-state index contributed by atoms with van der Waals surface area (Å²) in [5.74, 6) is 0.362. The number of anilines is 1. The van der Waals surface area contributed by atoms with E-state index in [9.17, 15) is 9.59 Å². The van der Waals surface area contributed by atoms with Crippen molar-refractivity contribution in [3.8, 4) is 5.75 Å². The van der Waals surface area contributed by atoms with Gasteiger partial charge in [0.2, 0.25) is 0 Å². The number of benzene rings is 2. The van der Waals surface area contributed by atoms with Crippen LogP contribution in [0.2, 0.25) is 0 Å². The van der Waals surface area contributed by atoms with Crippen LogP contribution >= 0.6 is 0 Å². The Balaban J connectivity index is 1.65. The lowest BCUT2D eigenvalue weighted by Crippen LogP contribution is -2.27. The van der Waals surface area contributed by atoms with Crippen LogP contribution in [0.15, 0.2) is 53.3 Å². The summed E-state index contributed by atoms with van der Waals surface area (Å²) in [6.07, 6.45) is 0. The third kappa shape index (κ3) is 4.55. The number of H-pyrrole nitrogens is 1. The van der Waals surface area contributed by atoms with Crippen LogP contribution in [0, 0.1) is 0 Å². The first-order chi connectivity index (χ1) is 13.6. The smallest absolute Gasteiger partial charge is 0.276 e. The molecule has 0 aliphatic rings. The molecule has 0 fully saturated rings. The first kappa shape index (κ1) is 19.6. The molecule has 1 aromatic heterocycles. The van der Waals surface area contributed by atoms with Crippen LogP contribution in [0.25, 0.3) is 10.8 Å². The number of nitrogens with zero attached hydrogens (tertiary/aromatic N) is 2. The Hall–Kier alpha value is -3.19. The summed E-state index contributed by atoms with van der Waals surface area (Å²) in [5, 5.41) is 10.0. The Morgan fingerprint density at radius 2 is 1.75 bits per heavy atom. The molecule has 2 aromatic carbocycles. The SMILES string of the molecule is CCN(CC)CCOc1ccc(NC(=O)c2n[nH]c(=O)c3ccccc23)cc1. The zero-order valence-electron chi connectivity index (χ0n) is 16.1. The molecule has 7 nitrogen and oxygen atoms in total. The second-order valence-electron chi connectivity index (χ2n) is 6.30. The van der Waals surface area contributed by atoms with E-state index in [1.807, 2.05) is 12.1 Å². The van der Waals surface area contributed by atoms with Crippen molar-refractivity contribution in [2.75, 3.05) is 31.6 Å². The topological polar surface area (TPSA) is 87.3 Å². The minimum absolute atomic E-state index is 0.176. The first-order valence-electron chi connectivity index (χ1n) is 9.36. The van der Waals surface area contributed by atoms with Crippen LogP contribution in [0.5, 0.6) is 5.75 Å². The summed E-state index contributed by atoms with van der Waals surface area (Å²) < 4.78 is 5.75. The van der Waals surface area contributed by atoms with Gasteiger partial charge in [-0.05, 0) is 43.4 Å². The predicted octanol–water partition coefficient (Wildman–Crippen LogP) is 2.90. The number of carbonyl (C=O) groups is 1. The highest BCUT2D eigenvalue weighted by atomic mass is 16.5. The van der Waals surface area contributed by atoms with Gasteiger partial charge in [-0.3, -0.25) is 9.59 Å². The summed E-state index contributed by atoms with van der Waals surface area (Å²) in [6.45, 7) is 7.73. The van der Waals surface area contributed by atoms with Gasteiger partial charge < -0.3 is 15.0 Å². The number of rotatable bonds is 8. The van der Waals surface area contributed by atoms with Crippen molar-refractivity contribution in [1.29, 1.82) is 0 Å². The van der Waals surface area contributed by atoms with Crippen LogP contribution < -0.4 is 15.6 Å². The molecule has 0 atom stereocenters. The largest absolute Gasteiger partial charge is 0.492 e. The predicted molar refractivity (Wildman–Crippen MR) is 110 cm³/mol. The maximum Gasteiger partial charge on any atom is 0.276 e. The number of amides is 1. The summed E-state index contributed by atoms with van der Waals surface area (Å²) in [5.41, 5.74) is 0.478. The van der Waals surface area contributed by atoms with E-state index < -0.39 is 0 Å². The van der Waals surface area contributed by atoms with Crippen molar-refractivity contribution in [1.82, 2.24) is 15.1 Å². The maximum absolute atomic E-state index is 12.6.